The summed E-state index contributed by atoms with van der Waals surface area (Å²) in [7, 11) is 0. The number of carbonyl (C=O) groups excluding carboxylic acids is 1. The molecule has 0 bridgehead atoms. The molecule has 0 aliphatic heterocycles. The number of carboxylic acid groups (broad SMARTS) is 1. The summed E-state index contributed by atoms with van der Waals surface area (Å²) in [6.45, 7) is 5.08. The summed E-state index contributed by atoms with van der Waals surface area (Å²) >= 11 is 0. The van der Waals surface area contributed by atoms with E-state index in [2.05, 4.69) is 21.8 Å². The second-order valence-electron chi connectivity index (χ2n) is 3.33. The van der Waals surface area contributed by atoms with Crippen molar-refractivity contribution in [1.82, 2.24) is 20.1 Å². The van der Waals surface area contributed by atoms with Crippen LogP contribution in [-0.2, 0) is 11.2 Å². The van der Waals surface area contributed by atoms with Gasteiger partial charge in [0, 0.05) is 13.0 Å². The first kappa shape index (κ1) is 12.9. The number of hydrogen-bond donors (Lipinski definition) is 2. The molecule has 17 heavy (non-hydrogen) atoms. The number of H-pyrrole nitrogens is 1. The molecule has 2 N–H and O–H groups in total. The van der Waals surface area contributed by atoms with Gasteiger partial charge in [-0.1, -0.05) is 13.0 Å². The van der Waals surface area contributed by atoms with E-state index in [-0.39, 0.29) is 12.4 Å². The van der Waals surface area contributed by atoms with E-state index in [1.807, 2.05) is 6.92 Å². The Morgan fingerprint density at radius 1 is 1.59 bits per heavy atom. The average molecular weight is 238 g/mol. The lowest BCUT2D eigenvalue weighted by Gasteiger charge is -2.16. The largest absolute Gasteiger partial charge is 0.480 e. The lowest BCUT2D eigenvalue weighted by molar-refractivity contribution is -0.137. The van der Waals surface area contributed by atoms with Gasteiger partial charge in [0.1, 0.15) is 12.4 Å². The average Bonchev–Trinajstić information content (AvgIpc) is 2.75. The summed E-state index contributed by atoms with van der Waals surface area (Å²) in [5, 5.41) is 15.0. The van der Waals surface area contributed by atoms with Crippen LogP contribution in [0.3, 0.4) is 0 Å². The maximum absolute atomic E-state index is 11.9. The number of hydrogen-bond acceptors (Lipinski definition) is 4. The molecular formula is C10H14N4O3. The van der Waals surface area contributed by atoms with Crippen molar-refractivity contribution in [2.75, 3.05) is 13.1 Å². The van der Waals surface area contributed by atoms with Crippen LogP contribution >= 0.6 is 0 Å². The molecule has 7 nitrogen and oxygen atoms in total. The Labute approximate surface area is 98.2 Å². The quantitative estimate of drug-likeness (QED) is 0.684. The number of carbonyl (C=O) groups is 2. The van der Waals surface area contributed by atoms with Crippen LogP contribution in [0.4, 0.5) is 0 Å². The summed E-state index contributed by atoms with van der Waals surface area (Å²) in [5.41, 5.74) is 0. The number of nitrogens with one attached hydrogen (secondary N) is 1. The Morgan fingerprint density at radius 3 is 2.76 bits per heavy atom. The number of amides is 1. The van der Waals surface area contributed by atoms with Crippen molar-refractivity contribution in [2.24, 2.45) is 0 Å². The Kier molecular flexibility index (Phi) is 4.38. The third kappa shape index (κ3) is 3.40. The Hall–Kier alpha value is -2.18. The predicted octanol–water partition coefficient (Wildman–Crippen LogP) is 0.0799. The minimum absolute atomic E-state index is 0.0232. The first-order valence-electron chi connectivity index (χ1n) is 5.11. The zero-order valence-electron chi connectivity index (χ0n) is 9.51. The topological polar surface area (TPSA) is 99.2 Å². The van der Waals surface area contributed by atoms with Gasteiger partial charge in [0.25, 0.3) is 5.91 Å². The third-order valence-electron chi connectivity index (χ3n) is 2.02. The molecule has 0 fully saturated rings. The highest BCUT2D eigenvalue weighted by Crippen LogP contribution is 2.00. The minimum atomic E-state index is -1.09. The molecule has 0 atom stereocenters. The standard InChI is InChI=1S/C10H14N4O3/c1-3-5-14(6-8(15)16)10(17)9-11-7(4-2)12-13-9/h3H,1,4-6H2,2H3,(H,15,16)(H,11,12,13). The van der Waals surface area contributed by atoms with Crippen molar-refractivity contribution in [2.45, 2.75) is 13.3 Å². The van der Waals surface area contributed by atoms with Crippen LogP contribution < -0.4 is 0 Å². The normalized spacial score (nSPS) is 9.94. The number of aromatic amines is 1. The molecule has 0 radical (unpaired) electrons. The van der Waals surface area contributed by atoms with Crippen LogP contribution in [0.25, 0.3) is 0 Å². The van der Waals surface area contributed by atoms with Gasteiger partial charge in [0.15, 0.2) is 0 Å². The van der Waals surface area contributed by atoms with E-state index >= 15 is 0 Å². The summed E-state index contributed by atoms with van der Waals surface area (Å²) < 4.78 is 0. The third-order valence-corrected chi connectivity index (χ3v) is 2.02. The maximum Gasteiger partial charge on any atom is 0.323 e. The van der Waals surface area contributed by atoms with Gasteiger partial charge in [-0.3, -0.25) is 14.7 Å². The van der Waals surface area contributed by atoms with Crippen molar-refractivity contribution < 1.29 is 14.7 Å². The van der Waals surface area contributed by atoms with Gasteiger partial charge in [-0.05, 0) is 0 Å². The van der Waals surface area contributed by atoms with E-state index in [0.29, 0.717) is 12.2 Å². The minimum Gasteiger partial charge on any atom is -0.480 e. The molecule has 0 aliphatic rings. The smallest absolute Gasteiger partial charge is 0.323 e. The van der Waals surface area contributed by atoms with E-state index in [4.69, 9.17) is 5.11 Å². The van der Waals surface area contributed by atoms with Crippen LogP contribution in [-0.4, -0.2) is 50.2 Å². The van der Waals surface area contributed by atoms with Crippen molar-refractivity contribution in [1.29, 1.82) is 0 Å². The molecule has 1 heterocycles. The number of aliphatic carboxylic acids is 1. The number of aromatic nitrogens is 3. The fraction of sp³-hybridized carbons (Fsp3) is 0.400. The fourth-order valence-electron chi connectivity index (χ4n) is 1.23. The van der Waals surface area contributed by atoms with Crippen LogP contribution in [0.1, 0.15) is 23.4 Å². The molecule has 1 rings (SSSR count). The first-order chi connectivity index (χ1) is 8.08. The van der Waals surface area contributed by atoms with Crippen LogP contribution in [0.15, 0.2) is 12.7 Å². The summed E-state index contributed by atoms with van der Waals surface area (Å²) in [6, 6.07) is 0. The number of nitrogens with zero attached hydrogens (tertiary/aromatic N) is 3. The van der Waals surface area contributed by atoms with Crippen molar-refractivity contribution >= 4 is 11.9 Å². The molecule has 0 saturated carbocycles. The molecule has 0 aromatic carbocycles. The predicted molar refractivity (Wildman–Crippen MR) is 59.5 cm³/mol. The highest BCUT2D eigenvalue weighted by molar-refractivity contribution is 5.92. The van der Waals surface area contributed by atoms with Crippen LogP contribution in [0.2, 0.25) is 0 Å². The molecule has 0 saturated heterocycles. The summed E-state index contributed by atoms with van der Waals surface area (Å²) in [4.78, 5) is 27.5. The Bertz CT molecular complexity index is 427. The molecule has 0 unspecified atom stereocenters. The number of carboxylic acids is 1. The first-order valence-corrected chi connectivity index (χ1v) is 5.11. The highest BCUT2D eigenvalue weighted by Gasteiger charge is 2.21. The summed E-state index contributed by atoms with van der Waals surface area (Å²) in [6.07, 6.45) is 2.08. The van der Waals surface area contributed by atoms with Gasteiger partial charge in [0.2, 0.25) is 5.82 Å². The van der Waals surface area contributed by atoms with Gasteiger partial charge in [-0.25, -0.2) is 4.98 Å². The lowest BCUT2D eigenvalue weighted by Crippen LogP contribution is -2.36. The molecular weight excluding hydrogens is 224 g/mol. The van der Waals surface area contributed by atoms with E-state index in [0.717, 1.165) is 4.90 Å². The molecule has 92 valence electrons. The molecule has 0 aliphatic carbocycles. The summed E-state index contributed by atoms with van der Waals surface area (Å²) in [5.74, 6) is -1.05. The second-order valence-corrected chi connectivity index (χ2v) is 3.33. The Morgan fingerprint density at radius 2 is 2.29 bits per heavy atom. The fourth-order valence-corrected chi connectivity index (χ4v) is 1.23. The molecule has 1 amide bonds. The molecule has 1 aromatic rings. The van der Waals surface area contributed by atoms with Gasteiger partial charge >= 0.3 is 5.97 Å². The van der Waals surface area contributed by atoms with Crippen molar-refractivity contribution in [3.8, 4) is 0 Å². The van der Waals surface area contributed by atoms with Gasteiger partial charge in [-0.2, -0.15) is 0 Å². The van der Waals surface area contributed by atoms with Gasteiger partial charge in [0.05, 0.1) is 0 Å². The van der Waals surface area contributed by atoms with E-state index in [1.165, 1.54) is 6.08 Å². The highest BCUT2D eigenvalue weighted by atomic mass is 16.4. The number of rotatable bonds is 6. The monoisotopic (exact) mass is 238 g/mol. The maximum atomic E-state index is 11.9. The lowest BCUT2D eigenvalue weighted by atomic mass is 10.4. The Balaban J connectivity index is 2.82. The van der Waals surface area contributed by atoms with Crippen molar-refractivity contribution in [3.05, 3.63) is 24.3 Å². The van der Waals surface area contributed by atoms with E-state index in [9.17, 15) is 9.59 Å². The van der Waals surface area contributed by atoms with E-state index in [1.54, 1.807) is 0 Å². The molecule has 1 aromatic heterocycles. The van der Waals surface area contributed by atoms with Crippen LogP contribution in [0, 0.1) is 0 Å². The van der Waals surface area contributed by atoms with Gasteiger partial charge < -0.3 is 10.0 Å². The number of aryl methyl sites for hydroxylation is 1. The van der Waals surface area contributed by atoms with E-state index < -0.39 is 18.4 Å². The molecule has 7 heteroatoms. The zero-order chi connectivity index (χ0) is 12.8. The second kappa shape index (κ2) is 5.78. The molecule has 0 spiro atoms. The van der Waals surface area contributed by atoms with Gasteiger partial charge in [-0.15, -0.1) is 11.7 Å². The zero-order valence-corrected chi connectivity index (χ0v) is 9.51. The SMILES string of the molecule is C=CCN(CC(=O)O)C(=O)c1n[nH]c(CC)n1. The van der Waals surface area contributed by atoms with Crippen molar-refractivity contribution in [3.63, 3.8) is 0 Å². The van der Waals surface area contributed by atoms with Crippen LogP contribution in [0.5, 0.6) is 0 Å².